The average molecular weight is 281 g/mol. The van der Waals surface area contributed by atoms with Gasteiger partial charge in [0.2, 0.25) is 5.95 Å². The Bertz CT molecular complexity index is 773. The predicted octanol–water partition coefficient (Wildman–Crippen LogP) is 2.07. The maximum atomic E-state index is 11.1. The molecule has 0 spiro atoms. The van der Waals surface area contributed by atoms with Gasteiger partial charge in [0, 0.05) is 16.1 Å². The first-order chi connectivity index (χ1) is 8.63. The molecule has 0 bridgehead atoms. The number of H-pyrrole nitrogens is 1. The van der Waals surface area contributed by atoms with Crippen molar-refractivity contribution in [3.8, 4) is 0 Å². The number of nitrogen functional groups attached to an aromatic ring is 1. The summed E-state index contributed by atoms with van der Waals surface area (Å²) in [4.78, 5) is 18.0. The van der Waals surface area contributed by atoms with E-state index in [1.165, 1.54) is 0 Å². The Morgan fingerprint density at radius 2 is 2.33 bits per heavy atom. The fourth-order valence-corrected chi connectivity index (χ4v) is 2.59. The zero-order valence-electron chi connectivity index (χ0n) is 9.18. The molecule has 0 saturated heterocycles. The number of nitrogens with zero attached hydrogens (tertiary/aromatic N) is 2. The SMILES string of the molecule is Nc1nc2cc(Cl)ccc2n1Cc1csc(=O)[nH]1. The number of hydrogen-bond acceptors (Lipinski definition) is 4. The highest BCUT2D eigenvalue weighted by Crippen LogP contribution is 2.22. The number of benzene rings is 1. The van der Waals surface area contributed by atoms with E-state index in [4.69, 9.17) is 17.3 Å². The quantitative estimate of drug-likeness (QED) is 0.754. The first-order valence-electron chi connectivity index (χ1n) is 5.21. The smallest absolute Gasteiger partial charge is 0.304 e. The Kier molecular flexibility index (Phi) is 2.61. The Balaban J connectivity index is 2.11. The van der Waals surface area contributed by atoms with Crippen LogP contribution in [0.15, 0.2) is 28.4 Å². The van der Waals surface area contributed by atoms with Gasteiger partial charge < -0.3 is 15.3 Å². The summed E-state index contributed by atoms with van der Waals surface area (Å²) >= 11 is 7.04. The molecule has 7 heteroatoms. The molecule has 0 fully saturated rings. The van der Waals surface area contributed by atoms with Gasteiger partial charge in [-0.3, -0.25) is 4.79 Å². The molecule has 0 radical (unpaired) electrons. The number of fused-ring (bicyclic) bond motifs is 1. The monoisotopic (exact) mass is 280 g/mol. The highest BCUT2D eigenvalue weighted by molar-refractivity contribution is 7.07. The summed E-state index contributed by atoms with van der Waals surface area (Å²) in [5.74, 6) is 0.402. The number of halogens is 1. The third-order valence-electron chi connectivity index (χ3n) is 2.64. The Morgan fingerprint density at radius 1 is 1.50 bits per heavy atom. The molecule has 18 heavy (non-hydrogen) atoms. The van der Waals surface area contributed by atoms with E-state index in [1.807, 2.05) is 10.6 Å². The number of hydrogen-bond donors (Lipinski definition) is 2. The minimum absolute atomic E-state index is 0.0731. The van der Waals surface area contributed by atoms with E-state index in [9.17, 15) is 4.79 Å². The topological polar surface area (TPSA) is 76.7 Å². The summed E-state index contributed by atoms with van der Waals surface area (Å²) < 4.78 is 1.84. The van der Waals surface area contributed by atoms with Crippen molar-refractivity contribution in [1.29, 1.82) is 0 Å². The molecule has 3 aromatic rings. The minimum Gasteiger partial charge on any atom is -0.369 e. The van der Waals surface area contributed by atoms with Crippen molar-refractivity contribution in [1.82, 2.24) is 14.5 Å². The molecule has 2 aromatic heterocycles. The van der Waals surface area contributed by atoms with Gasteiger partial charge in [0.05, 0.1) is 17.6 Å². The number of imidazole rings is 1. The van der Waals surface area contributed by atoms with E-state index in [-0.39, 0.29) is 4.87 Å². The highest BCUT2D eigenvalue weighted by atomic mass is 35.5. The van der Waals surface area contributed by atoms with Gasteiger partial charge in [-0.1, -0.05) is 22.9 Å². The van der Waals surface area contributed by atoms with Crippen LogP contribution in [0.25, 0.3) is 11.0 Å². The number of nitrogens with one attached hydrogen (secondary N) is 1. The maximum Gasteiger partial charge on any atom is 0.304 e. The molecule has 3 N–H and O–H groups in total. The fraction of sp³-hybridized carbons (Fsp3) is 0.0909. The summed E-state index contributed by atoms with van der Waals surface area (Å²) in [7, 11) is 0. The molecule has 0 aliphatic rings. The molecule has 0 aliphatic heterocycles. The third kappa shape index (κ3) is 1.89. The number of aromatic nitrogens is 3. The Hall–Kier alpha value is -1.79. The van der Waals surface area contributed by atoms with Gasteiger partial charge in [-0.05, 0) is 18.2 Å². The molecule has 0 amide bonds. The van der Waals surface area contributed by atoms with Crippen LogP contribution in [-0.2, 0) is 6.54 Å². The lowest BCUT2D eigenvalue weighted by molar-refractivity contribution is 0.814. The van der Waals surface area contributed by atoms with Gasteiger partial charge >= 0.3 is 4.87 Å². The van der Waals surface area contributed by atoms with Crippen LogP contribution < -0.4 is 10.6 Å². The van der Waals surface area contributed by atoms with Gasteiger partial charge in [0.15, 0.2) is 0 Å². The number of rotatable bonds is 2. The molecule has 2 heterocycles. The van der Waals surface area contributed by atoms with E-state index in [2.05, 4.69) is 9.97 Å². The number of thiazole rings is 1. The van der Waals surface area contributed by atoms with Gasteiger partial charge in [0.25, 0.3) is 0 Å². The Morgan fingerprint density at radius 3 is 3.06 bits per heavy atom. The second-order valence-electron chi connectivity index (χ2n) is 3.86. The van der Waals surface area contributed by atoms with Crippen LogP contribution in [-0.4, -0.2) is 14.5 Å². The van der Waals surface area contributed by atoms with Crippen molar-refractivity contribution in [2.75, 3.05) is 5.73 Å². The van der Waals surface area contributed by atoms with Crippen LogP contribution in [0.4, 0.5) is 5.95 Å². The summed E-state index contributed by atoms with van der Waals surface area (Å²) in [5, 5.41) is 2.40. The first-order valence-corrected chi connectivity index (χ1v) is 6.47. The van der Waals surface area contributed by atoms with E-state index in [0.717, 1.165) is 28.1 Å². The van der Waals surface area contributed by atoms with Crippen molar-refractivity contribution in [3.05, 3.63) is 44.0 Å². The normalized spacial score (nSPS) is 11.2. The van der Waals surface area contributed by atoms with Crippen LogP contribution in [0.2, 0.25) is 5.02 Å². The van der Waals surface area contributed by atoms with E-state index in [0.29, 0.717) is 17.5 Å². The molecule has 0 unspecified atom stereocenters. The maximum absolute atomic E-state index is 11.1. The second kappa shape index (κ2) is 4.15. The lowest BCUT2D eigenvalue weighted by Crippen LogP contribution is -2.06. The van der Waals surface area contributed by atoms with Crippen molar-refractivity contribution < 1.29 is 0 Å². The number of nitrogens with two attached hydrogens (primary N) is 1. The summed E-state index contributed by atoms with van der Waals surface area (Å²) in [6, 6.07) is 5.42. The molecular formula is C11H9ClN4OS. The van der Waals surface area contributed by atoms with Crippen LogP contribution >= 0.6 is 22.9 Å². The molecule has 0 atom stereocenters. The first kappa shape index (κ1) is 11.3. The second-order valence-corrected chi connectivity index (χ2v) is 5.14. The van der Waals surface area contributed by atoms with Crippen LogP contribution in [0, 0.1) is 0 Å². The number of anilines is 1. The summed E-state index contributed by atoms with van der Waals surface area (Å²) in [5.41, 5.74) is 8.33. The summed E-state index contributed by atoms with van der Waals surface area (Å²) in [6.07, 6.45) is 0. The van der Waals surface area contributed by atoms with Crippen LogP contribution in [0.5, 0.6) is 0 Å². The highest BCUT2D eigenvalue weighted by Gasteiger charge is 2.09. The lowest BCUT2D eigenvalue weighted by Gasteiger charge is -2.04. The zero-order chi connectivity index (χ0) is 12.7. The van der Waals surface area contributed by atoms with Crippen molar-refractivity contribution in [3.63, 3.8) is 0 Å². The molecule has 0 saturated carbocycles. The third-order valence-corrected chi connectivity index (χ3v) is 3.59. The standard InChI is InChI=1S/C11H9ClN4OS/c12-6-1-2-9-8(3-6)15-10(13)16(9)4-7-5-18-11(17)14-7/h1-3,5H,4H2,(H2,13,15)(H,14,17). The van der Waals surface area contributed by atoms with Gasteiger partial charge in [-0.2, -0.15) is 0 Å². The van der Waals surface area contributed by atoms with Gasteiger partial charge in [0.1, 0.15) is 0 Å². The molecule has 1 aromatic carbocycles. The lowest BCUT2D eigenvalue weighted by atomic mass is 10.3. The van der Waals surface area contributed by atoms with Crippen LogP contribution in [0.1, 0.15) is 5.69 Å². The molecule has 92 valence electrons. The van der Waals surface area contributed by atoms with Crippen LogP contribution in [0.3, 0.4) is 0 Å². The van der Waals surface area contributed by atoms with E-state index >= 15 is 0 Å². The largest absolute Gasteiger partial charge is 0.369 e. The predicted molar refractivity (Wildman–Crippen MR) is 73.2 cm³/mol. The Labute approximate surface area is 111 Å². The van der Waals surface area contributed by atoms with E-state index in [1.54, 1.807) is 17.5 Å². The van der Waals surface area contributed by atoms with Crippen molar-refractivity contribution in [2.45, 2.75) is 6.54 Å². The van der Waals surface area contributed by atoms with Crippen molar-refractivity contribution >= 4 is 39.9 Å². The zero-order valence-corrected chi connectivity index (χ0v) is 10.8. The minimum atomic E-state index is -0.0731. The van der Waals surface area contributed by atoms with Crippen molar-refractivity contribution in [2.24, 2.45) is 0 Å². The van der Waals surface area contributed by atoms with Gasteiger partial charge in [-0.15, -0.1) is 0 Å². The fourth-order valence-electron chi connectivity index (χ4n) is 1.85. The molecular weight excluding hydrogens is 272 g/mol. The molecule has 5 nitrogen and oxygen atoms in total. The van der Waals surface area contributed by atoms with E-state index < -0.39 is 0 Å². The average Bonchev–Trinajstić information content (AvgIpc) is 2.84. The summed E-state index contributed by atoms with van der Waals surface area (Å²) in [6.45, 7) is 0.489. The molecule has 0 aliphatic carbocycles. The van der Waals surface area contributed by atoms with Gasteiger partial charge in [-0.25, -0.2) is 4.98 Å². The molecule has 3 rings (SSSR count). The number of aromatic amines is 1.